The quantitative estimate of drug-likeness (QED) is 0.642. The number of likely N-dealkylation sites (N-methyl/N-ethyl adjacent to an activating group) is 1. The van der Waals surface area contributed by atoms with Crippen LogP contribution in [0.15, 0.2) is 18.2 Å². The number of likely N-dealkylation sites (tertiary alicyclic amines) is 1. The fraction of sp³-hybridized carbons (Fsp3) is 0.562. The van der Waals surface area contributed by atoms with E-state index in [0.29, 0.717) is 19.6 Å². The lowest BCUT2D eigenvalue weighted by Gasteiger charge is -2.32. The normalized spacial score (nSPS) is 19.5. The van der Waals surface area contributed by atoms with Gasteiger partial charge in [0.05, 0.1) is 11.5 Å². The maximum absolute atomic E-state index is 11.5. The third kappa shape index (κ3) is 4.19. The summed E-state index contributed by atoms with van der Waals surface area (Å²) in [5.41, 5.74) is 0.814. The summed E-state index contributed by atoms with van der Waals surface area (Å²) in [7, 11) is 1.79. The van der Waals surface area contributed by atoms with Crippen molar-refractivity contribution in [2.75, 3.05) is 20.2 Å². The fourth-order valence-electron chi connectivity index (χ4n) is 2.82. The van der Waals surface area contributed by atoms with E-state index in [9.17, 15) is 14.9 Å². The molecule has 1 aliphatic heterocycles. The highest BCUT2D eigenvalue weighted by Gasteiger charge is 2.25. The molecule has 23 heavy (non-hydrogen) atoms. The van der Waals surface area contributed by atoms with Crippen molar-refractivity contribution in [2.45, 2.75) is 38.8 Å². The van der Waals surface area contributed by atoms with Crippen molar-refractivity contribution in [3.05, 3.63) is 33.9 Å². The predicted molar refractivity (Wildman–Crippen MR) is 86.5 cm³/mol. The van der Waals surface area contributed by atoms with Gasteiger partial charge in [0, 0.05) is 38.2 Å². The number of piperidine rings is 1. The Morgan fingerprint density at radius 1 is 1.52 bits per heavy atom. The van der Waals surface area contributed by atoms with E-state index >= 15 is 0 Å². The molecule has 126 valence electrons. The number of hydrogen-bond donors (Lipinski definition) is 1. The third-order valence-corrected chi connectivity index (χ3v) is 4.09. The molecular formula is C16H23N3O4. The van der Waals surface area contributed by atoms with Crippen molar-refractivity contribution in [1.82, 2.24) is 10.2 Å². The fourth-order valence-corrected chi connectivity index (χ4v) is 2.82. The van der Waals surface area contributed by atoms with Gasteiger partial charge in [0.15, 0.2) is 5.75 Å². The summed E-state index contributed by atoms with van der Waals surface area (Å²) in [5, 5.41) is 14.6. The molecule has 2 atom stereocenters. The second-order valence-electron chi connectivity index (χ2n) is 5.82. The van der Waals surface area contributed by atoms with Gasteiger partial charge < -0.3 is 15.0 Å². The van der Waals surface area contributed by atoms with E-state index in [0.717, 1.165) is 12.0 Å². The van der Waals surface area contributed by atoms with Gasteiger partial charge in [0.1, 0.15) is 0 Å². The predicted octanol–water partition coefficient (Wildman–Crippen LogP) is 2.26. The van der Waals surface area contributed by atoms with Crippen LogP contribution in [0.5, 0.6) is 5.75 Å². The zero-order chi connectivity index (χ0) is 17.0. The van der Waals surface area contributed by atoms with Gasteiger partial charge >= 0.3 is 5.69 Å². The van der Waals surface area contributed by atoms with Crippen LogP contribution in [0.2, 0.25) is 0 Å². The molecule has 2 rings (SSSR count). The zero-order valence-corrected chi connectivity index (χ0v) is 13.7. The monoisotopic (exact) mass is 321 g/mol. The molecule has 1 heterocycles. The average molecular weight is 321 g/mol. The third-order valence-electron chi connectivity index (χ3n) is 4.09. The molecule has 0 aliphatic carbocycles. The van der Waals surface area contributed by atoms with E-state index in [1.807, 2.05) is 13.0 Å². The highest BCUT2D eigenvalue weighted by Crippen LogP contribution is 2.30. The van der Waals surface area contributed by atoms with Gasteiger partial charge in [-0.2, -0.15) is 0 Å². The molecule has 7 heteroatoms. The zero-order valence-electron chi connectivity index (χ0n) is 13.7. The van der Waals surface area contributed by atoms with E-state index in [1.165, 1.54) is 0 Å². The number of rotatable bonds is 6. The minimum atomic E-state index is -0.422. The molecule has 0 bridgehead atoms. The standard InChI is InChI=1S/C16H23N3O4/c1-4-23-15-7-5-12(9-14(15)19(21)22)11(2)17-13-6-8-16(20)18(3)10-13/h5,7,9,11,13,17H,4,6,8,10H2,1-3H3/t11-,13+/m0/s1. The van der Waals surface area contributed by atoms with E-state index in [-0.39, 0.29) is 29.4 Å². The van der Waals surface area contributed by atoms with Gasteiger partial charge in [-0.15, -0.1) is 0 Å². The van der Waals surface area contributed by atoms with Gasteiger partial charge in [-0.1, -0.05) is 6.07 Å². The van der Waals surface area contributed by atoms with Crippen molar-refractivity contribution >= 4 is 11.6 Å². The largest absolute Gasteiger partial charge is 0.487 e. The van der Waals surface area contributed by atoms with Crippen molar-refractivity contribution in [3.8, 4) is 5.75 Å². The molecule has 0 aromatic heterocycles. The number of nitrogens with zero attached hydrogens (tertiary/aromatic N) is 2. The Morgan fingerprint density at radius 3 is 2.87 bits per heavy atom. The van der Waals surface area contributed by atoms with Crippen LogP contribution in [0.1, 0.15) is 38.3 Å². The van der Waals surface area contributed by atoms with Crippen LogP contribution >= 0.6 is 0 Å². The van der Waals surface area contributed by atoms with Crippen molar-refractivity contribution in [2.24, 2.45) is 0 Å². The number of nitro benzene ring substituents is 1. The summed E-state index contributed by atoms with van der Waals surface area (Å²) in [6, 6.07) is 5.19. The van der Waals surface area contributed by atoms with Gasteiger partial charge in [0.2, 0.25) is 5.91 Å². The van der Waals surface area contributed by atoms with Gasteiger partial charge in [-0.25, -0.2) is 0 Å². The number of ether oxygens (including phenoxy) is 1. The molecule has 0 radical (unpaired) electrons. The second-order valence-corrected chi connectivity index (χ2v) is 5.82. The van der Waals surface area contributed by atoms with Crippen LogP contribution in [-0.4, -0.2) is 42.0 Å². The summed E-state index contributed by atoms with van der Waals surface area (Å²) in [6.07, 6.45) is 1.32. The lowest BCUT2D eigenvalue weighted by atomic mass is 10.0. The summed E-state index contributed by atoms with van der Waals surface area (Å²) in [4.78, 5) is 24.0. The minimum absolute atomic E-state index is 0.0195. The Kier molecular flexibility index (Phi) is 5.54. The number of carbonyl (C=O) groups is 1. The summed E-state index contributed by atoms with van der Waals surface area (Å²) < 4.78 is 5.30. The SMILES string of the molecule is CCOc1ccc([C@H](C)N[C@@H]2CCC(=O)N(C)C2)cc1[N+](=O)[O-]. The van der Waals surface area contributed by atoms with Crippen LogP contribution in [0.25, 0.3) is 0 Å². The highest BCUT2D eigenvalue weighted by atomic mass is 16.6. The van der Waals surface area contributed by atoms with Crippen LogP contribution in [-0.2, 0) is 4.79 Å². The number of nitro groups is 1. The number of hydrogen-bond acceptors (Lipinski definition) is 5. The van der Waals surface area contributed by atoms with E-state index in [4.69, 9.17) is 4.74 Å². The van der Waals surface area contributed by atoms with Crippen LogP contribution in [0.3, 0.4) is 0 Å². The van der Waals surface area contributed by atoms with Crippen molar-refractivity contribution in [3.63, 3.8) is 0 Å². The lowest BCUT2D eigenvalue weighted by molar-refractivity contribution is -0.385. The molecule has 1 aromatic rings. The Bertz CT molecular complexity index is 591. The first-order valence-electron chi connectivity index (χ1n) is 7.83. The topological polar surface area (TPSA) is 84.7 Å². The van der Waals surface area contributed by atoms with Crippen LogP contribution in [0, 0.1) is 10.1 Å². The molecule has 0 unspecified atom stereocenters. The molecule has 1 aromatic carbocycles. The molecule has 0 saturated carbocycles. The number of carbonyl (C=O) groups excluding carboxylic acids is 1. The maximum Gasteiger partial charge on any atom is 0.311 e. The highest BCUT2D eigenvalue weighted by molar-refractivity contribution is 5.76. The Balaban J connectivity index is 2.10. The first-order chi connectivity index (χ1) is 10.9. The minimum Gasteiger partial charge on any atom is -0.487 e. The van der Waals surface area contributed by atoms with Crippen molar-refractivity contribution in [1.29, 1.82) is 0 Å². The smallest absolute Gasteiger partial charge is 0.311 e. The number of nitrogens with one attached hydrogen (secondary N) is 1. The maximum atomic E-state index is 11.5. The Labute approximate surface area is 135 Å². The van der Waals surface area contributed by atoms with Crippen LogP contribution < -0.4 is 10.1 Å². The van der Waals surface area contributed by atoms with E-state index < -0.39 is 4.92 Å². The molecule has 1 saturated heterocycles. The molecule has 1 fully saturated rings. The van der Waals surface area contributed by atoms with E-state index in [1.54, 1.807) is 31.0 Å². The summed E-state index contributed by atoms with van der Waals surface area (Å²) >= 11 is 0. The molecule has 0 spiro atoms. The Morgan fingerprint density at radius 2 is 2.26 bits per heavy atom. The first kappa shape index (κ1) is 17.2. The second kappa shape index (κ2) is 7.41. The summed E-state index contributed by atoms with van der Waals surface area (Å²) in [5.74, 6) is 0.448. The lowest BCUT2D eigenvalue weighted by Crippen LogP contribution is -2.47. The molecule has 1 N–H and O–H groups in total. The Hall–Kier alpha value is -2.15. The van der Waals surface area contributed by atoms with Gasteiger partial charge in [0.25, 0.3) is 0 Å². The number of benzene rings is 1. The average Bonchev–Trinajstić information content (AvgIpc) is 2.51. The van der Waals surface area contributed by atoms with E-state index in [2.05, 4.69) is 5.32 Å². The molecule has 1 aliphatic rings. The molecular weight excluding hydrogens is 298 g/mol. The molecule has 1 amide bonds. The first-order valence-corrected chi connectivity index (χ1v) is 7.83. The van der Waals surface area contributed by atoms with Crippen molar-refractivity contribution < 1.29 is 14.5 Å². The number of amides is 1. The molecule has 7 nitrogen and oxygen atoms in total. The van der Waals surface area contributed by atoms with Crippen LogP contribution in [0.4, 0.5) is 5.69 Å². The van der Waals surface area contributed by atoms with Gasteiger partial charge in [-0.3, -0.25) is 14.9 Å². The van der Waals surface area contributed by atoms with Gasteiger partial charge in [-0.05, 0) is 31.9 Å². The summed E-state index contributed by atoms with van der Waals surface area (Å²) in [6.45, 7) is 4.80.